The summed E-state index contributed by atoms with van der Waals surface area (Å²) in [4.78, 5) is 3.79. The second kappa shape index (κ2) is 7.20. The summed E-state index contributed by atoms with van der Waals surface area (Å²) in [6.45, 7) is 6.38. The lowest BCUT2D eigenvalue weighted by Crippen LogP contribution is -2.36. The number of aliphatic hydroxyl groups is 1. The standard InChI is InChI=1S/C15H21NOS2/c1-3-14(10-17)16(8-13-5-6-18-11-13)9-15-12(2)4-7-19-15/h4-7,11,14,17H,3,8-10H2,1-2H3. The van der Waals surface area contributed by atoms with Crippen LogP contribution in [0.25, 0.3) is 0 Å². The van der Waals surface area contributed by atoms with Crippen LogP contribution in [0, 0.1) is 6.92 Å². The average molecular weight is 295 g/mol. The normalized spacial score (nSPS) is 13.1. The lowest BCUT2D eigenvalue weighted by atomic mass is 10.1. The van der Waals surface area contributed by atoms with Crippen LogP contribution in [-0.2, 0) is 13.1 Å². The number of thiophene rings is 2. The van der Waals surface area contributed by atoms with Gasteiger partial charge in [-0.05, 0) is 52.7 Å². The number of nitrogens with zero attached hydrogens (tertiary/aromatic N) is 1. The van der Waals surface area contributed by atoms with E-state index in [0.717, 1.165) is 19.5 Å². The summed E-state index contributed by atoms with van der Waals surface area (Å²) in [5.74, 6) is 0. The fourth-order valence-electron chi connectivity index (χ4n) is 2.18. The Balaban J connectivity index is 2.11. The molecule has 0 fully saturated rings. The number of rotatable bonds is 7. The van der Waals surface area contributed by atoms with Gasteiger partial charge in [0.1, 0.15) is 0 Å². The van der Waals surface area contributed by atoms with E-state index in [2.05, 4.69) is 47.0 Å². The summed E-state index contributed by atoms with van der Waals surface area (Å²) < 4.78 is 0. The first-order valence-electron chi connectivity index (χ1n) is 6.63. The predicted molar refractivity (Wildman–Crippen MR) is 83.8 cm³/mol. The van der Waals surface area contributed by atoms with Crippen LogP contribution in [0.3, 0.4) is 0 Å². The minimum atomic E-state index is 0.227. The quantitative estimate of drug-likeness (QED) is 0.837. The monoisotopic (exact) mass is 295 g/mol. The lowest BCUT2D eigenvalue weighted by Gasteiger charge is -2.29. The van der Waals surface area contributed by atoms with Crippen LogP contribution >= 0.6 is 22.7 Å². The summed E-state index contributed by atoms with van der Waals surface area (Å²) in [6.07, 6.45) is 0.977. The highest BCUT2D eigenvalue weighted by Gasteiger charge is 2.18. The zero-order chi connectivity index (χ0) is 13.7. The second-order valence-corrected chi connectivity index (χ2v) is 6.59. The van der Waals surface area contributed by atoms with Crippen molar-refractivity contribution >= 4 is 22.7 Å². The molecular formula is C15H21NOS2. The predicted octanol–water partition coefficient (Wildman–Crippen LogP) is 3.89. The fourth-order valence-corrected chi connectivity index (χ4v) is 3.78. The SMILES string of the molecule is CCC(CO)N(Cc1ccsc1)Cc1sccc1C. The van der Waals surface area contributed by atoms with Crippen molar-refractivity contribution in [2.24, 2.45) is 0 Å². The largest absolute Gasteiger partial charge is 0.395 e. The molecular weight excluding hydrogens is 274 g/mol. The molecule has 19 heavy (non-hydrogen) atoms. The highest BCUT2D eigenvalue weighted by molar-refractivity contribution is 7.10. The van der Waals surface area contributed by atoms with E-state index in [1.807, 2.05) is 11.3 Å². The van der Waals surface area contributed by atoms with E-state index < -0.39 is 0 Å². The van der Waals surface area contributed by atoms with E-state index >= 15 is 0 Å². The van der Waals surface area contributed by atoms with Crippen molar-refractivity contribution in [1.82, 2.24) is 4.90 Å². The Kier molecular flexibility index (Phi) is 5.58. The van der Waals surface area contributed by atoms with Crippen molar-refractivity contribution in [3.05, 3.63) is 44.3 Å². The van der Waals surface area contributed by atoms with Crippen LogP contribution < -0.4 is 0 Å². The van der Waals surface area contributed by atoms with Crippen LogP contribution in [0.15, 0.2) is 28.3 Å². The van der Waals surface area contributed by atoms with E-state index in [-0.39, 0.29) is 12.6 Å². The van der Waals surface area contributed by atoms with Crippen molar-refractivity contribution in [1.29, 1.82) is 0 Å². The Hall–Kier alpha value is -0.680. The maximum Gasteiger partial charge on any atom is 0.0587 e. The van der Waals surface area contributed by atoms with Gasteiger partial charge in [0.05, 0.1) is 6.61 Å². The van der Waals surface area contributed by atoms with E-state index in [0.29, 0.717) is 0 Å². The van der Waals surface area contributed by atoms with Crippen molar-refractivity contribution in [2.75, 3.05) is 6.61 Å². The zero-order valence-electron chi connectivity index (χ0n) is 11.5. The first kappa shape index (κ1) is 14.7. The summed E-state index contributed by atoms with van der Waals surface area (Å²) >= 11 is 3.54. The van der Waals surface area contributed by atoms with Gasteiger partial charge in [-0.25, -0.2) is 0 Å². The zero-order valence-corrected chi connectivity index (χ0v) is 13.1. The molecule has 0 saturated heterocycles. The van der Waals surface area contributed by atoms with Crippen LogP contribution in [0.2, 0.25) is 0 Å². The van der Waals surface area contributed by atoms with Crippen LogP contribution in [0.5, 0.6) is 0 Å². The lowest BCUT2D eigenvalue weighted by molar-refractivity contribution is 0.107. The first-order chi connectivity index (χ1) is 9.24. The summed E-state index contributed by atoms with van der Waals surface area (Å²) in [5, 5.41) is 16.0. The number of hydrogen-bond donors (Lipinski definition) is 1. The number of aliphatic hydroxyl groups excluding tert-OH is 1. The fraction of sp³-hybridized carbons (Fsp3) is 0.467. The van der Waals surface area contributed by atoms with Crippen LogP contribution in [0.1, 0.15) is 29.3 Å². The Morgan fingerprint density at radius 3 is 2.63 bits per heavy atom. The highest BCUT2D eigenvalue weighted by atomic mass is 32.1. The topological polar surface area (TPSA) is 23.5 Å². The van der Waals surface area contributed by atoms with Crippen molar-refractivity contribution < 1.29 is 5.11 Å². The third kappa shape index (κ3) is 3.89. The van der Waals surface area contributed by atoms with Gasteiger partial charge in [-0.2, -0.15) is 11.3 Å². The molecule has 0 aliphatic heterocycles. The Labute approximate surface area is 123 Å². The molecule has 2 aromatic rings. The second-order valence-electron chi connectivity index (χ2n) is 4.81. The third-order valence-electron chi connectivity index (χ3n) is 3.48. The molecule has 0 aliphatic carbocycles. The smallest absolute Gasteiger partial charge is 0.0587 e. The van der Waals surface area contributed by atoms with E-state index in [4.69, 9.17) is 0 Å². The van der Waals surface area contributed by atoms with Gasteiger partial charge < -0.3 is 5.11 Å². The van der Waals surface area contributed by atoms with Crippen molar-refractivity contribution in [2.45, 2.75) is 39.4 Å². The Morgan fingerprint density at radius 2 is 2.11 bits per heavy atom. The molecule has 1 atom stereocenters. The maximum absolute atomic E-state index is 9.59. The van der Waals surface area contributed by atoms with Crippen LogP contribution in [0.4, 0.5) is 0 Å². The molecule has 0 amide bonds. The van der Waals surface area contributed by atoms with Gasteiger partial charge in [0.15, 0.2) is 0 Å². The van der Waals surface area contributed by atoms with E-state index in [1.165, 1.54) is 16.0 Å². The average Bonchev–Trinajstić information content (AvgIpc) is 3.04. The van der Waals surface area contributed by atoms with Gasteiger partial charge >= 0.3 is 0 Å². The molecule has 0 spiro atoms. The molecule has 0 saturated carbocycles. The molecule has 2 nitrogen and oxygen atoms in total. The minimum absolute atomic E-state index is 0.227. The number of hydrogen-bond acceptors (Lipinski definition) is 4. The number of aryl methyl sites for hydroxylation is 1. The van der Waals surface area contributed by atoms with Crippen LogP contribution in [-0.4, -0.2) is 22.7 Å². The summed E-state index contributed by atoms with van der Waals surface area (Å²) in [7, 11) is 0. The summed E-state index contributed by atoms with van der Waals surface area (Å²) in [6, 6.07) is 4.58. The van der Waals surface area contributed by atoms with Gasteiger partial charge in [0.25, 0.3) is 0 Å². The molecule has 1 N–H and O–H groups in total. The molecule has 2 heterocycles. The molecule has 0 aromatic carbocycles. The molecule has 2 aromatic heterocycles. The summed E-state index contributed by atoms with van der Waals surface area (Å²) in [5.41, 5.74) is 2.69. The molecule has 1 unspecified atom stereocenters. The van der Waals surface area contributed by atoms with Gasteiger partial charge in [0, 0.05) is 24.0 Å². The molecule has 0 aliphatic rings. The Morgan fingerprint density at radius 1 is 1.26 bits per heavy atom. The first-order valence-corrected chi connectivity index (χ1v) is 8.45. The molecule has 104 valence electrons. The van der Waals surface area contributed by atoms with Gasteiger partial charge in [0.2, 0.25) is 0 Å². The van der Waals surface area contributed by atoms with Gasteiger partial charge in [-0.3, -0.25) is 4.90 Å². The van der Waals surface area contributed by atoms with E-state index in [1.54, 1.807) is 11.3 Å². The van der Waals surface area contributed by atoms with Crippen molar-refractivity contribution in [3.8, 4) is 0 Å². The Bertz CT molecular complexity index is 474. The van der Waals surface area contributed by atoms with Crippen molar-refractivity contribution in [3.63, 3.8) is 0 Å². The molecule has 0 bridgehead atoms. The third-order valence-corrected chi connectivity index (χ3v) is 5.22. The van der Waals surface area contributed by atoms with E-state index in [9.17, 15) is 5.11 Å². The van der Waals surface area contributed by atoms with Gasteiger partial charge in [-0.1, -0.05) is 6.92 Å². The molecule has 4 heteroatoms. The highest BCUT2D eigenvalue weighted by Crippen LogP contribution is 2.22. The molecule has 2 rings (SSSR count). The maximum atomic E-state index is 9.59. The molecule has 0 radical (unpaired) electrons. The minimum Gasteiger partial charge on any atom is -0.395 e. The van der Waals surface area contributed by atoms with Gasteiger partial charge in [-0.15, -0.1) is 11.3 Å².